The summed E-state index contributed by atoms with van der Waals surface area (Å²) in [4.78, 5) is 47.5. The summed E-state index contributed by atoms with van der Waals surface area (Å²) in [6, 6.07) is -1.56. The molecule has 0 bridgehead atoms. The molecular weight excluding hydrogens is 684 g/mol. The summed E-state index contributed by atoms with van der Waals surface area (Å²) >= 11 is 0. The summed E-state index contributed by atoms with van der Waals surface area (Å²) in [6.45, 7) is -1.52. The van der Waals surface area contributed by atoms with Crippen LogP contribution in [0.4, 0.5) is 0 Å². The standard InChI is InChI=1S/C28H46N2O20/c1-2-14(37)29-16-10(35)6-28(27(44)45,49-23(16)17(39)11(36)7-32)50-24-18(40)12(8-33)47-26(21(24)43)48-22-13(9-34)46-25(20(42)19(22)41)30-15(38)4-3-5-31/h5,10-13,16-26,32-36,39-43H,2-4,6-9H2,1H3,(H,29,37)(H,30,38)(H,44,45)/t10-,11+,12+,13+,16+,17+,18-,19+,20+,21+,22+,23+,24-,25+,26-,28-/m0/s1. The van der Waals surface area contributed by atoms with Gasteiger partial charge in [-0.05, 0) is 0 Å². The number of hydrogen-bond donors (Lipinski definition) is 13. The van der Waals surface area contributed by atoms with Crippen molar-refractivity contribution in [3.8, 4) is 0 Å². The highest BCUT2D eigenvalue weighted by atomic mass is 16.8. The van der Waals surface area contributed by atoms with Crippen molar-refractivity contribution in [1.82, 2.24) is 10.6 Å². The molecule has 22 nitrogen and oxygen atoms in total. The minimum Gasteiger partial charge on any atom is -0.477 e. The zero-order valence-electron chi connectivity index (χ0n) is 26.8. The molecule has 0 unspecified atom stereocenters. The van der Waals surface area contributed by atoms with Crippen molar-refractivity contribution in [2.24, 2.45) is 0 Å². The number of carbonyl (C=O) groups is 4. The van der Waals surface area contributed by atoms with E-state index >= 15 is 0 Å². The number of aldehydes is 1. The summed E-state index contributed by atoms with van der Waals surface area (Å²) < 4.78 is 27.7. The Hall–Kier alpha value is -2.52. The third-order valence-electron chi connectivity index (χ3n) is 8.56. The monoisotopic (exact) mass is 730 g/mol. The van der Waals surface area contributed by atoms with Crippen LogP contribution in [-0.4, -0.2) is 198 Å². The number of nitrogens with one attached hydrogen (secondary N) is 2. The number of aliphatic hydroxyl groups is 10. The minimum absolute atomic E-state index is 0.120. The number of carboxylic acid groups (broad SMARTS) is 1. The maximum Gasteiger partial charge on any atom is 0.364 e. The van der Waals surface area contributed by atoms with E-state index in [1.165, 1.54) is 6.92 Å². The van der Waals surface area contributed by atoms with Crippen molar-refractivity contribution in [3.63, 3.8) is 0 Å². The Kier molecular flexibility index (Phi) is 15.3. The Morgan fingerprint density at radius 2 is 1.56 bits per heavy atom. The summed E-state index contributed by atoms with van der Waals surface area (Å²) in [7, 11) is 0. The van der Waals surface area contributed by atoms with E-state index in [0.29, 0.717) is 6.29 Å². The fraction of sp³-hybridized carbons (Fsp3) is 0.857. The van der Waals surface area contributed by atoms with Gasteiger partial charge in [-0.2, -0.15) is 0 Å². The molecule has 0 aliphatic carbocycles. The van der Waals surface area contributed by atoms with Crippen LogP contribution in [0.2, 0.25) is 0 Å². The average Bonchev–Trinajstić information content (AvgIpc) is 3.09. The lowest BCUT2D eigenvalue weighted by atomic mass is 9.88. The maximum absolute atomic E-state index is 12.7. The summed E-state index contributed by atoms with van der Waals surface area (Å²) in [6.07, 6.45) is -28.0. The number of ether oxygens (including phenoxy) is 5. The Labute approximate surface area is 284 Å². The fourth-order valence-electron chi connectivity index (χ4n) is 5.78. The van der Waals surface area contributed by atoms with Gasteiger partial charge in [0.2, 0.25) is 11.8 Å². The van der Waals surface area contributed by atoms with Crippen LogP contribution in [0.25, 0.3) is 0 Å². The average molecular weight is 731 g/mol. The van der Waals surface area contributed by atoms with Crippen molar-refractivity contribution in [2.45, 2.75) is 130 Å². The smallest absolute Gasteiger partial charge is 0.364 e. The Balaban J connectivity index is 1.90. The number of aliphatic carboxylic acids is 1. The van der Waals surface area contributed by atoms with Crippen molar-refractivity contribution < 1.29 is 99.0 Å². The summed E-state index contributed by atoms with van der Waals surface area (Å²) in [5.74, 6) is -6.46. The van der Waals surface area contributed by atoms with Crippen molar-refractivity contribution in [2.75, 3.05) is 19.8 Å². The van der Waals surface area contributed by atoms with Crippen molar-refractivity contribution in [1.29, 1.82) is 0 Å². The van der Waals surface area contributed by atoms with E-state index in [-0.39, 0.29) is 19.3 Å². The SMILES string of the molecule is CCC(=O)N[C@H]1[C@H]([C@H](O)[C@H](O)CO)O[C@@](O[C@H]2[C@@H](O)[C@@H](CO)O[C@@H](O[C@H]3[C@H](O)[C@@H](O)[C@H](NC(=O)CCC=O)O[C@@H]3CO)[C@@H]2O)(C(=O)O)C[C@@H]1O. The predicted octanol–water partition coefficient (Wildman–Crippen LogP) is -7.73. The third-order valence-corrected chi connectivity index (χ3v) is 8.56. The number of aliphatic hydroxyl groups excluding tert-OH is 10. The lowest BCUT2D eigenvalue weighted by Gasteiger charge is -2.50. The van der Waals surface area contributed by atoms with Crippen LogP contribution in [0.3, 0.4) is 0 Å². The molecule has 13 N–H and O–H groups in total. The molecule has 288 valence electrons. The van der Waals surface area contributed by atoms with Gasteiger partial charge in [0, 0.05) is 25.7 Å². The van der Waals surface area contributed by atoms with Crippen LogP contribution in [0.5, 0.6) is 0 Å². The molecule has 22 heteroatoms. The molecule has 0 radical (unpaired) electrons. The zero-order valence-corrected chi connectivity index (χ0v) is 26.8. The lowest BCUT2D eigenvalue weighted by molar-refractivity contribution is -0.381. The first-order valence-corrected chi connectivity index (χ1v) is 15.8. The largest absolute Gasteiger partial charge is 0.477 e. The topological polar surface area (TPSA) is 361 Å². The minimum atomic E-state index is -3.06. The van der Waals surface area contributed by atoms with Crippen LogP contribution >= 0.6 is 0 Å². The summed E-state index contributed by atoms with van der Waals surface area (Å²) in [5, 5.41) is 120. The van der Waals surface area contributed by atoms with Gasteiger partial charge in [0.25, 0.3) is 5.79 Å². The molecule has 0 aromatic rings. The molecule has 3 heterocycles. The molecule has 50 heavy (non-hydrogen) atoms. The zero-order chi connectivity index (χ0) is 37.5. The third kappa shape index (κ3) is 9.28. The van der Waals surface area contributed by atoms with E-state index in [1.54, 1.807) is 0 Å². The van der Waals surface area contributed by atoms with Crippen molar-refractivity contribution in [3.05, 3.63) is 0 Å². The van der Waals surface area contributed by atoms with Gasteiger partial charge in [-0.1, -0.05) is 6.92 Å². The van der Waals surface area contributed by atoms with E-state index in [0.717, 1.165) is 0 Å². The maximum atomic E-state index is 12.7. The second kappa shape index (κ2) is 18.3. The number of carbonyl (C=O) groups excluding carboxylic acids is 3. The number of amides is 2. The first-order chi connectivity index (χ1) is 23.6. The number of rotatable bonds is 16. The number of hydrogen-bond acceptors (Lipinski definition) is 19. The van der Waals surface area contributed by atoms with Gasteiger partial charge in [-0.15, -0.1) is 0 Å². The first-order valence-electron chi connectivity index (χ1n) is 15.8. The lowest BCUT2D eigenvalue weighted by Crippen LogP contribution is -2.71. The highest BCUT2D eigenvalue weighted by molar-refractivity contribution is 5.78. The molecule has 0 spiro atoms. The van der Waals surface area contributed by atoms with Gasteiger partial charge < -0.3 is 95.3 Å². The molecule has 16 atom stereocenters. The van der Waals surface area contributed by atoms with E-state index in [1.807, 2.05) is 0 Å². The van der Waals surface area contributed by atoms with E-state index < -0.39 is 142 Å². The molecule has 0 aromatic carbocycles. The van der Waals surface area contributed by atoms with Crippen LogP contribution in [0.15, 0.2) is 0 Å². The molecule has 2 amide bonds. The highest BCUT2D eigenvalue weighted by Gasteiger charge is 2.60. The molecule has 3 fully saturated rings. The van der Waals surface area contributed by atoms with Crippen LogP contribution in [0.1, 0.15) is 32.6 Å². The fourth-order valence-corrected chi connectivity index (χ4v) is 5.78. The molecule has 3 aliphatic rings. The van der Waals surface area contributed by atoms with Gasteiger partial charge in [0.05, 0.1) is 32.0 Å². The predicted molar refractivity (Wildman–Crippen MR) is 156 cm³/mol. The molecule has 0 aromatic heterocycles. The summed E-state index contributed by atoms with van der Waals surface area (Å²) in [5.41, 5.74) is 0. The second-order valence-corrected chi connectivity index (χ2v) is 12.0. The van der Waals surface area contributed by atoms with Crippen molar-refractivity contribution >= 4 is 24.1 Å². The highest BCUT2D eigenvalue weighted by Crippen LogP contribution is 2.38. The Bertz CT molecular complexity index is 1150. The normalized spacial score (nSPS) is 40.3. The van der Waals surface area contributed by atoms with Crippen LogP contribution in [0, 0.1) is 0 Å². The van der Waals surface area contributed by atoms with E-state index in [9.17, 15) is 75.3 Å². The van der Waals surface area contributed by atoms with Gasteiger partial charge in [-0.25, -0.2) is 4.79 Å². The molecule has 3 saturated heterocycles. The van der Waals surface area contributed by atoms with Crippen LogP contribution in [-0.2, 0) is 42.9 Å². The van der Waals surface area contributed by atoms with Gasteiger partial charge in [0.1, 0.15) is 73.4 Å². The molecular formula is C28H46N2O20. The van der Waals surface area contributed by atoms with E-state index in [4.69, 9.17) is 23.7 Å². The first kappa shape index (κ1) is 41.9. The molecule has 3 aliphatic heterocycles. The molecule has 0 saturated carbocycles. The Morgan fingerprint density at radius 3 is 2.12 bits per heavy atom. The van der Waals surface area contributed by atoms with Gasteiger partial charge in [-0.3, -0.25) is 9.59 Å². The quantitative estimate of drug-likeness (QED) is 0.0656. The Morgan fingerprint density at radius 1 is 0.900 bits per heavy atom. The molecule has 3 rings (SSSR count). The van der Waals surface area contributed by atoms with Gasteiger partial charge >= 0.3 is 5.97 Å². The van der Waals surface area contributed by atoms with Crippen LogP contribution < -0.4 is 10.6 Å². The second-order valence-electron chi connectivity index (χ2n) is 12.0. The van der Waals surface area contributed by atoms with Gasteiger partial charge in [0.15, 0.2) is 12.5 Å². The number of carboxylic acids is 1. The van der Waals surface area contributed by atoms with E-state index in [2.05, 4.69) is 10.6 Å².